The summed E-state index contributed by atoms with van der Waals surface area (Å²) in [4.78, 5) is 22.0. The van der Waals surface area contributed by atoms with Crippen molar-refractivity contribution in [2.75, 3.05) is 14.2 Å². The maximum atomic E-state index is 11.3. The number of carbonyl (C=O) groups excluding carboxylic acids is 2. The summed E-state index contributed by atoms with van der Waals surface area (Å²) in [6.07, 6.45) is 0. The lowest BCUT2D eigenvalue weighted by Gasteiger charge is -2.18. The highest BCUT2D eigenvalue weighted by Gasteiger charge is 2.19. The third-order valence-corrected chi connectivity index (χ3v) is 8.36. The van der Waals surface area contributed by atoms with E-state index in [1.807, 2.05) is 0 Å². The van der Waals surface area contributed by atoms with Gasteiger partial charge in [-0.1, -0.05) is 91.0 Å². The third kappa shape index (κ3) is 7.57. The van der Waals surface area contributed by atoms with Crippen molar-refractivity contribution in [2.45, 2.75) is 4.90 Å². The van der Waals surface area contributed by atoms with Crippen molar-refractivity contribution in [3.8, 4) is 0 Å². The van der Waals surface area contributed by atoms with Crippen molar-refractivity contribution in [1.29, 1.82) is 0 Å². The van der Waals surface area contributed by atoms with Crippen LogP contribution < -0.4 is 15.9 Å². The maximum absolute atomic E-state index is 11.3. The molecule has 4 aromatic carbocycles. The summed E-state index contributed by atoms with van der Waals surface area (Å²) in [6, 6.07) is 35.2. The van der Waals surface area contributed by atoms with Crippen molar-refractivity contribution in [3.63, 3.8) is 0 Å². The standard InChI is InChI=1S/C18H15P.C10H10O7S/c1-4-10-16(11-5-1)19(17-12-6-2-7-13-17)18-14-8-3-9-15-18;1-16-9(11)6-3-7(10(12)17-2)5-8(4-6)18(13,14)15/h1-15H;3-5H,1-2H3,(H,13,14,15). The molecule has 0 aliphatic heterocycles. The van der Waals surface area contributed by atoms with E-state index in [0.717, 1.165) is 32.4 Å². The Morgan fingerprint density at radius 3 is 1.22 bits per heavy atom. The summed E-state index contributed by atoms with van der Waals surface area (Å²) in [7, 11) is -2.80. The predicted molar refractivity (Wildman–Crippen MR) is 144 cm³/mol. The summed E-state index contributed by atoms with van der Waals surface area (Å²) < 4.78 is 39.7. The first kappa shape index (κ1) is 27.7. The van der Waals surface area contributed by atoms with Crippen LogP contribution in [0.15, 0.2) is 114 Å². The molecular weight excluding hydrogens is 511 g/mol. The Morgan fingerprint density at radius 2 is 0.946 bits per heavy atom. The van der Waals surface area contributed by atoms with Crippen LogP contribution >= 0.6 is 7.92 Å². The van der Waals surface area contributed by atoms with Gasteiger partial charge in [0, 0.05) is 0 Å². The average Bonchev–Trinajstić information content (AvgIpc) is 2.93. The van der Waals surface area contributed by atoms with Gasteiger partial charge in [-0.2, -0.15) is 8.42 Å². The minimum atomic E-state index is -4.55. The topological polar surface area (TPSA) is 107 Å². The van der Waals surface area contributed by atoms with Gasteiger partial charge in [0.2, 0.25) is 0 Å². The van der Waals surface area contributed by atoms with Gasteiger partial charge in [0.1, 0.15) is 0 Å². The van der Waals surface area contributed by atoms with E-state index in [9.17, 15) is 18.0 Å². The van der Waals surface area contributed by atoms with E-state index in [1.165, 1.54) is 15.9 Å². The Labute approximate surface area is 217 Å². The first-order valence-corrected chi connectivity index (χ1v) is 13.8. The molecule has 4 rings (SSSR count). The molecule has 4 aromatic rings. The molecule has 190 valence electrons. The summed E-state index contributed by atoms with van der Waals surface area (Å²) in [5.41, 5.74) is -0.374. The van der Waals surface area contributed by atoms with Crippen molar-refractivity contribution in [3.05, 3.63) is 120 Å². The minimum absolute atomic E-state index is 0.187. The molecule has 0 unspecified atom stereocenters. The van der Waals surface area contributed by atoms with E-state index in [2.05, 4.69) is 100 Å². The molecule has 1 N–H and O–H groups in total. The Bertz CT molecular complexity index is 1310. The van der Waals surface area contributed by atoms with Gasteiger partial charge in [-0.3, -0.25) is 4.55 Å². The Kier molecular flexibility index (Phi) is 9.69. The minimum Gasteiger partial charge on any atom is -0.465 e. The number of ether oxygens (including phenoxy) is 2. The van der Waals surface area contributed by atoms with Crippen LogP contribution in [0.25, 0.3) is 0 Å². The van der Waals surface area contributed by atoms with E-state index in [0.29, 0.717) is 0 Å². The van der Waals surface area contributed by atoms with Gasteiger partial charge in [-0.25, -0.2) is 9.59 Å². The van der Waals surface area contributed by atoms with Crippen LogP contribution in [-0.4, -0.2) is 39.1 Å². The van der Waals surface area contributed by atoms with Gasteiger partial charge in [-0.05, 0) is 42.0 Å². The molecule has 0 amide bonds. The molecule has 7 nitrogen and oxygen atoms in total. The lowest BCUT2D eigenvalue weighted by atomic mass is 10.1. The van der Waals surface area contributed by atoms with E-state index < -0.39 is 34.9 Å². The van der Waals surface area contributed by atoms with Crippen molar-refractivity contribution in [1.82, 2.24) is 0 Å². The fourth-order valence-electron chi connectivity index (χ4n) is 3.40. The number of hydrogen-bond acceptors (Lipinski definition) is 6. The molecule has 0 atom stereocenters. The van der Waals surface area contributed by atoms with E-state index in [-0.39, 0.29) is 11.1 Å². The van der Waals surface area contributed by atoms with Crippen molar-refractivity contribution in [2.24, 2.45) is 0 Å². The average molecular weight is 537 g/mol. The molecule has 0 saturated heterocycles. The van der Waals surface area contributed by atoms with Crippen LogP contribution in [0.1, 0.15) is 20.7 Å². The lowest BCUT2D eigenvalue weighted by molar-refractivity contribution is 0.0598. The number of hydrogen-bond donors (Lipinski definition) is 1. The molecule has 0 heterocycles. The van der Waals surface area contributed by atoms with Gasteiger partial charge in [0.05, 0.1) is 30.2 Å². The molecule has 0 aliphatic rings. The highest BCUT2D eigenvalue weighted by atomic mass is 32.2. The second kappa shape index (κ2) is 12.9. The normalized spacial score (nSPS) is 10.7. The van der Waals surface area contributed by atoms with Crippen LogP contribution in [0.5, 0.6) is 0 Å². The van der Waals surface area contributed by atoms with Gasteiger partial charge in [-0.15, -0.1) is 0 Å². The molecule has 37 heavy (non-hydrogen) atoms. The zero-order valence-electron chi connectivity index (χ0n) is 20.1. The van der Waals surface area contributed by atoms with Crippen LogP contribution in [0.3, 0.4) is 0 Å². The van der Waals surface area contributed by atoms with Gasteiger partial charge >= 0.3 is 11.9 Å². The zero-order chi connectivity index (χ0) is 26.8. The second-order valence-electron chi connectivity index (χ2n) is 7.55. The molecule has 0 radical (unpaired) electrons. The van der Waals surface area contributed by atoms with Crippen LogP contribution in [0, 0.1) is 0 Å². The van der Waals surface area contributed by atoms with Crippen LogP contribution in [0.4, 0.5) is 0 Å². The number of esters is 2. The van der Waals surface area contributed by atoms with Gasteiger partial charge in [0.25, 0.3) is 10.1 Å². The number of benzene rings is 4. The molecule has 0 fully saturated rings. The highest BCUT2D eigenvalue weighted by molar-refractivity contribution is 7.85. The quantitative estimate of drug-likeness (QED) is 0.226. The smallest absolute Gasteiger partial charge is 0.337 e. The van der Waals surface area contributed by atoms with Crippen molar-refractivity contribution < 1.29 is 32.0 Å². The molecule has 0 saturated carbocycles. The summed E-state index contributed by atoms with van der Waals surface area (Å²) in [5.74, 6) is -1.68. The predicted octanol–water partition coefficient (Wildman–Crippen LogP) is 3.95. The van der Waals surface area contributed by atoms with E-state index >= 15 is 0 Å². The fourth-order valence-corrected chi connectivity index (χ4v) is 6.25. The lowest BCUT2D eigenvalue weighted by Crippen LogP contribution is -2.20. The molecule has 9 heteroatoms. The summed E-state index contributed by atoms with van der Waals surface area (Å²) >= 11 is 0. The first-order chi connectivity index (χ1) is 17.7. The van der Waals surface area contributed by atoms with Crippen LogP contribution in [-0.2, 0) is 19.6 Å². The number of methoxy groups -OCH3 is 2. The monoisotopic (exact) mass is 536 g/mol. The molecule has 0 bridgehead atoms. The summed E-state index contributed by atoms with van der Waals surface area (Å²) in [5, 5.41) is 4.19. The van der Waals surface area contributed by atoms with E-state index in [4.69, 9.17) is 4.55 Å². The fraction of sp³-hybridized carbons (Fsp3) is 0.0714. The molecular formula is C28H25O7PS. The largest absolute Gasteiger partial charge is 0.465 e. The van der Waals surface area contributed by atoms with E-state index in [1.54, 1.807) is 0 Å². The summed E-state index contributed by atoms with van der Waals surface area (Å²) in [6.45, 7) is 0. The molecule has 0 aromatic heterocycles. The zero-order valence-corrected chi connectivity index (χ0v) is 21.9. The highest BCUT2D eigenvalue weighted by Crippen LogP contribution is 2.32. The Hall–Kier alpha value is -3.84. The Morgan fingerprint density at radius 1 is 0.622 bits per heavy atom. The third-order valence-electron chi connectivity index (χ3n) is 5.09. The van der Waals surface area contributed by atoms with Gasteiger partial charge < -0.3 is 9.47 Å². The second-order valence-corrected chi connectivity index (χ2v) is 11.2. The number of rotatable bonds is 6. The first-order valence-electron chi connectivity index (χ1n) is 11.0. The number of carbonyl (C=O) groups is 2. The SMILES string of the molecule is COC(=O)c1cc(C(=O)OC)cc(S(=O)(=O)O)c1.c1ccc(P(c2ccccc2)c2ccccc2)cc1. The van der Waals surface area contributed by atoms with Crippen LogP contribution in [0.2, 0.25) is 0 Å². The van der Waals surface area contributed by atoms with Crippen molar-refractivity contribution >= 4 is 45.9 Å². The Balaban J connectivity index is 0.000000206. The molecule has 0 aliphatic carbocycles. The maximum Gasteiger partial charge on any atom is 0.337 e. The van der Waals surface area contributed by atoms with Gasteiger partial charge in [0.15, 0.2) is 0 Å². The molecule has 0 spiro atoms.